The zero-order valence-electron chi connectivity index (χ0n) is 21.4. The van der Waals surface area contributed by atoms with Crippen LogP contribution in [0.2, 0.25) is 10.0 Å². The highest BCUT2D eigenvalue weighted by Crippen LogP contribution is 2.46. The molecular weight excluding hydrogens is 561 g/mol. The number of methoxy groups -OCH3 is 2. The lowest BCUT2D eigenvalue weighted by molar-refractivity contribution is 0.375. The molecule has 0 spiro atoms. The number of para-hydroxylation sites is 2. The highest BCUT2D eigenvalue weighted by Gasteiger charge is 2.34. The molecular formula is C30H24Cl2F2N2O4. The third kappa shape index (κ3) is 6.03. The molecule has 0 aliphatic rings. The Bertz CT molecular complexity index is 1460. The molecule has 0 saturated heterocycles. The largest absolute Gasteiger partial charge is 0.507 e. The summed E-state index contributed by atoms with van der Waals surface area (Å²) in [5.41, 5.74) is 0.330. The molecule has 0 saturated carbocycles. The summed E-state index contributed by atoms with van der Waals surface area (Å²) in [6.07, 6.45) is 2.62. The minimum absolute atomic E-state index is 0.0279. The molecule has 0 radical (unpaired) electrons. The van der Waals surface area contributed by atoms with E-state index in [1.807, 2.05) is 0 Å². The molecule has 4 rings (SSSR count). The Hall–Kier alpha value is -4.14. The minimum Gasteiger partial charge on any atom is -0.507 e. The number of phenols is 2. The van der Waals surface area contributed by atoms with Gasteiger partial charge < -0.3 is 19.7 Å². The van der Waals surface area contributed by atoms with Crippen LogP contribution in [0.1, 0.15) is 34.3 Å². The van der Waals surface area contributed by atoms with E-state index in [0.29, 0.717) is 11.1 Å². The molecule has 0 bridgehead atoms. The number of halogens is 4. The van der Waals surface area contributed by atoms with E-state index in [9.17, 15) is 10.2 Å². The normalized spacial score (nSPS) is 13.1. The van der Waals surface area contributed by atoms with Crippen LogP contribution >= 0.6 is 23.2 Å². The van der Waals surface area contributed by atoms with Crippen molar-refractivity contribution in [3.05, 3.63) is 117 Å². The van der Waals surface area contributed by atoms with Crippen molar-refractivity contribution in [3.8, 4) is 23.0 Å². The first kappa shape index (κ1) is 28.9. The predicted molar refractivity (Wildman–Crippen MR) is 153 cm³/mol. The first-order chi connectivity index (χ1) is 19.3. The van der Waals surface area contributed by atoms with Gasteiger partial charge in [0.15, 0.2) is 23.1 Å². The van der Waals surface area contributed by atoms with Crippen LogP contribution in [0.25, 0.3) is 0 Å². The molecule has 10 heteroatoms. The highest BCUT2D eigenvalue weighted by atomic mass is 35.5. The van der Waals surface area contributed by atoms with E-state index in [4.69, 9.17) is 32.7 Å². The maximum absolute atomic E-state index is 15.9. The second kappa shape index (κ2) is 12.8. The first-order valence-electron chi connectivity index (χ1n) is 11.9. The molecule has 0 fully saturated rings. The van der Waals surface area contributed by atoms with Crippen LogP contribution < -0.4 is 9.47 Å². The molecule has 0 aliphatic carbocycles. The molecule has 2 atom stereocenters. The van der Waals surface area contributed by atoms with Crippen molar-refractivity contribution in [1.82, 2.24) is 0 Å². The number of hydrogen-bond acceptors (Lipinski definition) is 6. The van der Waals surface area contributed by atoms with Crippen molar-refractivity contribution in [1.29, 1.82) is 0 Å². The number of aromatic hydroxyl groups is 2. The number of rotatable bonds is 9. The Balaban J connectivity index is 2.03. The average Bonchev–Trinajstić information content (AvgIpc) is 2.94. The SMILES string of the molecule is COc1ccc(Cl)c([C@@H](N=Cc2ccccc2O)[C@@H](N=Cc2ccccc2O)c2c(Cl)ccc(OC)c2F)c1F. The smallest absolute Gasteiger partial charge is 0.171 e. The summed E-state index contributed by atoms with van der Waals surface area (Å²) in [4.78, 5) is 9.13. The van der Waals surface area contributed by atoms with Crippen molar-refractivity contribution in [3.63, 3.8) is 0 Å². The number of hydrogen-bond donors (Lipinski definition) is 2. The Kier molecular flexibility index (Phi) is 9.24. The quantitative estimate of drug-likeness (QED) is 0.197. The van der Waals surface area contributed by atoms with Crippen LogP contribution in [0.15, 0.2) is 82.8 Å². The van der Waals surface area contributed by atoms with Crippen LogP contribution in [0.4, 0.5) is 8.78 Å². The molecule has 0 heterocycles. The molecule has 0 aliphatic heterocycles. The highest BCUT2D eigenvalue weighted by molar-refractivity contribution is 6.32. The van der Waals surface area contributed by atoms with Crippen molar-refractivity contribution < 1.29 is 28.5 Å². The topological polar surface area (TPSA) is 83.6 Å². The van der Waals surface area contributed by atoms with Gasteiger partial charge in [0, 0.05) is 44.7 Å². The molecule has 0 amide bonds. The van der Waals surface area contributed by atoms with Gasteiger partial charge in [0.2, 0.25) is 0 Å². The second-order valence-corrected chi connectivity index (χ2v) is 9.33. The van der Waals surface area contributed by atoms with Gasteiger partial charge in [0.25, 0.3) is 0 Å². The molecule has 0 aromatic heterocycles. The van der Waals surface area contributed by atoms with E-state index < -0.39 is 23.7 Å². The number of nitrogens with zero attached hydrogens (tertiary/aromatic N) is 2. The van der Waals surface area contributed by atoms with Crippen LogP contribution in [0, 0.1) is 11.6 Å². The molecule has 206 valence electrons. The van der Waals surface area contributed by atoms with E-state index in [0.717, 1.165) is 0 Å². The Morgan fingerprint density at radius 3 is 1.38 bits per heavy atom. The lowest BCUT2D eigenvalue weighted by Gasteiger charge is -2.25. The third-order valence-electron chi connectivity index (χ3n) is 6.13. The van der Waals surface area contributed by atoms with Gasteiger partial charge in [-0.05, 0) is 48.5 Å². The van der Waals surface area contributed by atoms with Gasteiger partial charge in [-0.3, -0.25) is 9.98 Å². The lowest BCUT2D eigenvalue weighted by atomic mass is 9.92. The maximum Gasteiger partial charge on any atom is 0.171 e. The Morgan fingerprint density at radius 2 is 1.02 bits per heavy atom. The predicted octanol–water partition coefficient (Wildman–Crippen LogP) is 7.72. The summed E-state index contributed by atoms with van der Waals surface area (Å²) in [5.74, 6) is -2.08. The van der Waals surface area contributed by atoms with Gasteiger partial charge in [-0.25, -0.2) is 8.78 Å². The van der Waals surface area contributed by atoms with Gasteiger partial charge in [0.1, 0.15) is 23.6 Å². The van der Waals surface area contributed by atoms with Crippen LogP contribution in [-0.2, 0) is 0 Å². The fraction of sp³-hybridized carbons (Fsp3) is 0.133. The maximum atomic E-state index is 15.9. The molecule has 4 aromatic rings. The van der Waals surface area contributed by atoms with Gasteiger partial charge in [0.05, 0.1) is 14.2 Å². The van der Waals surface area contributed by atoms with E-state index >= 15 is 8.78 Å². The summed E-state index contributed by atoms with van der Waals surface area (Å²) >= 11 is 13.0. The van der Waals surface area contributed by atoms with Gasteiger partial charge >= 0.3 is 0 Å². The van der Waals surface area contributed by atoms with Crippen LogP contribution in [-0.4, -0.2) is 36.9 Å². The van der Waals surface area contributed by atoms with Crippen molar-refractivity contribution in [2.75, 3.05) is 14.2 Å². The van der Waals surface area contributed by atoms with Crippen molar-refractivity contribution >= 4 is 35.6 Å². The molecule has 4 aromatic carbocycles. The number of aliphatic imine (C=N–C) groups is 2. The van der Waals surface area contributed by atoms with Gasteiger partial charge in [-0.1, -0.05) is 47.5 Å². The van der Waals surface area contributed by atoms with Crippen LogP contribution in [0.3, 0.4) is 0 Å². The van der Waals surface area contributed by atoms with Gasteiger partial charge in [-0.15, -0.1) is 0 Å². The fourth-order valence-corrected chi connectivity index (χ4v) is 4.61. The Labute approximate surface area is 239 Å². The van der Waals surface area contributed by atoms with E-state index in [1.54, 1.807) is 36.4 Å². The molecule has 40 heavy (non-hydrogen) atoms. The van der Waals surface area contributed by atoms with E-state index in [2.05, 4.69) is 9.98 Å². The average molecular weight is 585 g/mol. The number of benzene rings is 4. The van der Waals surface area contributed by atoms with Crippen molar-refractivity contribution in [2.45, 2.75) is 12.1 Å². The molecule has 2 N–H and O–H groups in total. The third-order valence-corrected chi connectivity index (χ3v) is 6.79. The summed E-state index contributed by atoms with van der Waals surface area (Å²) < 4.78 is 42.1. The molecule has 6 nitrogen and oxygen atoms in total. The van der Waals surface area contributed by atoms with Gasteiger partial charge in [-0.2, -0.15) is 0 Å². The first-order valence-corrected chi connectivity index (χ1v) is 12.7. The monoisotopic (exact) mass is 584 g/mol. The second-order valence-electron chi connectivity index (χ2n) is 8.52. The zero-order valence-corrected chi connectivity index (χ0v) is 22.9. The molecule has 0 unspecified atom stereocenters. The summed E-state index contributed by atoms with van der Waals surface area (Å²) in [6, 6.07) is 15.6. The van der Waals surface area contributed by atoms with E-state index in [-0.39, 0.29) is 44.2 Å². The zero-order chi connectivity index (χ0) is 28.8. The summed E-state index contributed by atoms with van der Waals surface area (Å²) in [6.45, 7) is 0. The fourth-order valence-electron chi connectivity index (χ4n) is 4.10. The standard InChI is InChI=1S/C30H24Cl2F2N2O4/c1-39-23-13-11-19(31)25(27(23)33)29(35-15-17-7-3-5-9-21(17)37)30(36-16-18-8-4-6-10-22(18)38)26-20(32)12-14-24(40-2)28(26)34/h3-16,29-30,37-38H,1-2H3/t29-,30+. The summed E-state index contributed by atoms with van der Waals surface area (Å²) in [7, 11) is 2.59. The number of phenolic OH excluding ortho intramolecular Hbond substituents is 2. The minimum atomic E-state index is -1.33. The number of ether oxygens (including phenoxy) is 2. The lowest BCUT2D eigenvalue weighted by Crippen LogP contribution is -2.14. The van der Waals surface area contributed by atoms with Crippen molar-refractivity contribution in [2.24, 2.45) is 9.98 Å². The summed E-state index contributed by atoms with van der Waals surface area (Å²) in [5, 5.41) is 20.6. The Morgan fingerprint density at radius 1 is 0.650 bits per heavy atom. The van der Waals surface area contributed by atoms with E-state index in [1.165, 1.54) is 63.0 Å². The van der Waals surface area contributed by atoms with Crippen LogP contribution in [0.5, 0.6) is 23.0 Å².